The summed E-state index contributed by atoms with van der Waals surface area (Å²) in [5.74, 6) is 0. The van der Waals surface area contributed by atoms with E-state index < -0.39 is 26.0 Å². The zero-order valence-corrected chi connectivity index (χ0v) is 8.32. The first-order valence-corrected chi connectivity index (χ1v) is 4.68. The Hall–Kier alpha value is 0.350. The van der Waals surface area contributed by atoms with Gasteiger partial charge in [-0.3, -0.25) is 0 Å². The average Bonchev–Trinajstić information content (AvgIpc) is 1.52. The van der Waals surface area contributed by atoms with E-state index in [1.807, 2.05) is 0 Å². The Morgan fingerprint density at radius 3 is 1.46 bits per heavy atom. The van der Waals surface area contributed by atoms with Gasteiger partial charge in [0.1, 0.15) is 0 Å². The summed E-state index contributed by atoms with van der Waals surface area (Å²) in [6.07, 6.45) is 0. The molecule has 0 amide bonds. The first-order valence-electron chi connectivity index (χ1n) is 1.94. The third-order valence-electron chi connectivity index (χ3n) is 0.456. The van der Waals surface area contributed by atoms with Crippen molar-refractivity contribution >= 4 is 20.5 Å². The normalized spacial score (nSPS) is 13.5. The maximum atomic E-state index is 11.2. The van der Waals surface area contributed by atoms with E-state index in [0.29, 0.717) is 0 Å². The molecule has 0 N–H and O–H groups in total. The molecule has 0 atom stereocenters. The number of rotatable bonds is 2. The van der Waals surface area contributed by atoms with E-state index in [0.717, 1.165) is 0 Å². The number of hydrogen-bond donors (Lipinski definition) is 0. The van der Waals surface area contributed by atoms with Gasteiger partial charge in [-0.2, -0.15) is 21.6 Å². The molecule has 84 valence electrons. The second kappa shape index (κ2) is 4.25. The van der Waals surface area contributed by atoms with Gasteiger partial charge in [0.25, 0.3) is 0 Å². The van der Waals surface area contributed by atoms with Crippen molar-refractivity contribution in [2.75, 3.05) is 0 Å². The zero-order valence-electron chi connectivity index (χ0n) is 5.20. The van der Waals surface area contributed by atoms with Crippen molar-refractivity contribution < 1.29 is 60.6 Å². The summed E-state index contributed by atoms with van der Waals surface area (Å²) >= 11 is 0. The van der Waals surface area contributed by atoms with Crippen LogP contribution in [0.1, 0.15) is 0 Å². The topological polar surface area (TPSA) is 101 Å². The second-order valence-corrected chi connectivity index (χ2v) is 4.11. The van der Waals surface area contributed by atoms with Crippen LogP contribution in [0, 0.1) is 0 Å². The smallest absolute Gasteiger partial charge is 0.725 e. The first-order chi connectivity index (χ1) is 4.96. The van der Waals surface area contributed by atoms with E-state index in [-0.39, 0.29) is 22.4 Å². The molecule has 0 aromatic heterocycles. The Morgan fingerprint density at radius 1 is 1.08 bits per heavy atom. The van der Waals surface area contributed by atoms with Gasteiger partial charge < -0.3 is 4.55 Å². The summed E-state index contributed by atoms with van der Waals surface area (Å²) in [6, 6.07) is 0. The molecule has 12 heteroatoms. The summed E-state index contributed by atoms with van der Waals surface area (Å²) in [6.45, 7) is 0. The van der Waals surface area contributed by atoms with Crippen molar-refractivity contribution in [3.63, 3.8) is 0 Å². The Balaban J connectivity index is 0. The molecule has 0 heterocycles. The Bertz CT molecular complexity index is 350. The van der Waals surface area contributed by atoms with Crippen molar-refractivity contribution in [2.24, 2.45) is 0 Å². The van der Waals surface area contributed by atoms with Gasteiger partial charge in [-0.05, 0) is 0 Å². The van der Waals surface area contributed by atoms with E-state index in [1.165, 1.54) is 0 Å². The SMILES string of the molecule is O=S(=O)([O-])OS(=O)(=O)C(F)(F)F.[Ag+]. The molecule has 0 aliphatic carbocycles. The van der Waals surface area contributed by atoms with Gasteiger partial charge in [-0.25, -0.2) is 8.42 Å². The molecule has 0 unspecified atom stereocenters. The van der Waals surface area contributed by atoms with E-state index in [4.69, 9.17) is 0 Å². The molecule has 0 rings (SSSR count). The fourth-order valence-electron chi connectivity index (χ4n) is 0.148. The molecule has 0 aromatic rings. The molecule has 0 radical (unpaired) electrons. The van der Waals surface area contributed by atoms with Crippen LogP contribution in [0.25, 0.3) is 0 Å². The molecule has 0 aliphatic rings. The molecule has 0 spiro atoms. The van der Waals surface area contributed by atoms with E-state index in [9.17, 15) is 34.6 Å². The molecule has 0 saturated heterocycles. The summed E-state index contributed by atoms with van der Waals surface area (Å²) in [5, 5.41) is 0. The Labute approximate surface area is 86.7 Å². The standard InChI is InChI=1S/CHF3O6S2.Ag/c2-1(3,4)11(5,6)10-12(7,8)9;/h(H,7,8,9);/q;+1/p-1. The Kier molecular flexibility index (Phi) is 5.17. The zero-order chi connectivity index (χ0) is 10.2. The molecule has 0 saturated carbocycles. The van der Waals surface area contributed by atoms with Gasteiger partial charge in [0.05, 0.1) is 0 Å². The van der Waals surface area contributed by atoms with Crippen LogP contribution in [0.4, 0.5) is 13.2 Å². The monoisotopic (exact) mass is 336 g/mol. The average molecular weight is 337 g/mol. The van der Waals surface area contributed by atoms with Crippen LogP contribution in [-0.2, 0) is 46.5 Å². The number of halogens is 3. The van der Waals surface area contributed by atoms with Gasteiger partial charge in [0.15, 0.2) is 0 Å². The molecule has 13 heavy (non-hydrogen) atoms. The van der Waals surface area contributed by atoms with Crippen molar-refractivity contribution in [1.82, 2.24) is 0 Å². The molecule has 0 bridgehead atoms. The second-order valence-electron chi connectivity index (χ2n) is 1.38. The minimum atomic E-state index is -6.36. The minimum absolute atomic E-state index is 0. The largest absolute Gasteiger partial charge is 1.00 e. The quantitative estimate of drug-likeness (QED) is 0.286. The van der Waals surface area contributed by atoms with Crippen LogP contribution in [0.3, 0.4) is 0 Å². The van der Waals surface area contributed by atoms with Crippen LogP contribution >= 0.6 is 0 Å². The summed E-state index contributed by atoms with van der Waals surface area (Å²) < 4.78 is 83.8. The van der Waals surface area contributed by atoms with Gasteiger partial charge in [-0.15, -0.1) is 3.63 Å². The molecule has 0 aromatic carbocycles. The number of alkyl halides is 3. The fraction of sp³-hybridized carbons (Fsp3) is 1.00. The molecule has 0 aliphatic heterocycles. The van der Waals surface area contributed by atoms with E-state index in [1.54, 1.807) is 0 Å². The van der Waals surface area contributed by atoms with Crippen molar-refractivity contribution in [3.05, 3.63) is 0 Å². The van der Waals surface area contributed by atoms with Gasteiger partial charge >= 0.3 is 38.0 Å². The van der Waals surface area contributed by atoms with Crippen LogP contribution in [0.2, 0.25) is 0 Å². The maximum absolute atomic E-state index is 11.2. The summed E-state index contributed by atoms with van der Waals surface area (Å²) in [4.78, 5) is 0. The van der Waals surface area contributed by atoms with Gasteiger partial charge in [0, 0.05) is 0 Å². The predicted molar refractivity (Wildman–Crippen MR) is 25.8 cm³/mol. The molecular formula is CAgF3O6S2. The van der Waals surface area contributed by atoms with Crippen molar-refractivity contribution in [1.29, 1.82) is 0 Å². The summed E-state index contributed by atoms with van der Waals surface area (Å²) in [5.41, 5.74) is -5.93. The van der Waals surface area contributed by atoms with Crippen molar-refractivity contribution in [3.8, 4) is 0 Å². The van der Waals surface area contributed by atoms with Gasteiger partial charge in [0.2, 0.25) is 10.4 Å². The summed E-state index contributed by atoms with van der Waals surface area (Å²) in [7, 11) is -12.3. The van der Waals surface area contributed by atoms with Crippen LogP contribution in [0.5, 0.6) is 0 Å². The van der Waals surface area contributed by atoms with Crippen LogP contribution in [-0.4, -0.2) is 26.9 Å². The van der Waals surface area contributed by atoms with Crippen molar-refractivity contribution in [2.45, 2.75) is 5.51 Å². The van der Waals surface area contributed by atoms with E-state index >= 15 is 0 Å². The van der Waals surface area contributed by atoms with E-state index in [2.05, 4.69) is 3.63 Å². The maximum Gasteiger partial charge on any atom is 1.00 e. The molecule has 0 fully saturated rings. The first kappa shape index (κ1) is 15.8. The molecule has 6 nitrogen and oxygen atoms in total. The fourth-order valence-corrected chi connectivity index (χ4v) is 1.33. The minimum Gasteiger partial charge on any atom is -0.725 e. The number of hydrogen-bond acceptors (Lipinski definition) is 6. The third kappa shape index (κ3) is 5.61. The predicted octanol–water partition coefficient (Wildman–Crippen LogP) is -0.690. The van der Waals surface area contributed by atoms with Crippen LogP contribution < -0.4 is 0 Å². The molecular weight excluding hydrogens is 337 g/mol. The Morgan fingerprint density at radius 2 is 1.38 bits per heavy atom. The third-order valence-corrected chi connectivity index (χ3v) is 2.41. The van der Waals surface area contributed by atoms with Crippen LogP contribution in [0.15, 0.2) is 0 Å². The van der Waals surface area contributed by atoms with Gasteiger partial charge in [-0.1, -0.05) is 0 Å².